The lowest BCUT2D eigenvalue weighted by Crippen LogP contribution is -2.79. The Bertz CT molecular complexity index is 1580. The number of hydrogen-bond donors (Lipinski definition) is 0. The highest BCUT2D eigenvalue weighted by Crippen LogP contribution is 2.35. The van der Waals surface area contributed by atoms with Gasteiger partial charge < -0.3 is 0 Å². The zero-order chi connectivity index (χ0) is 34.4. The second-order valence-corrected chi connectivity index (χ2v) is 10.3. The first-order valence-electron chi connectivity index (χ1n) is 10.9. The van der Waals surface area contributed by atoms with Gasteiger partial charge in [-0.3, -0.25) is 0 Å². The van der Waals surface area contributed by atoms with Gasteiger partial charge in [0.15, 0.2) is 69.8 Å². The van der Waals surface area contributed by atoms with Crippen molar-refractivity contribution in [1.29, 1.82) is 0 Å². The van der Waals surface area contributed by atoms with Crippen molar-refractivity contribution in [2.45, 2.75) is 0 Å². The standard InChI is InChI=1S/C24BCl4F16/c26-5-1(9(30)17(38)21(42)13(5)34)25(2-6(27)14(35)22(43)18(39)10(2)31,3-7(28)15(36)23(44)19(40)11(3)32)4-8(29)16(37)24(45)20(41)12(4)33/q-1. The van der Waals surface area contributed by atoms with Gasteiger partial charge in [0.1, 0.15) is 29.4 Å². The molecule has 4 aromatic rings. The highest BCUT2D eigenvalue weighted by Gasteiger charge is 2.50. The summed E-state index contributed by atoms with van der Waals surface area (Å²) in [6.45, 7) is 0. The normalized spacial score (nSPS) is 12.0. The zero-order valence-electron chi connectivity index (χ0n) is 20.1. The van der Waals surface area contributed by atoms with Crippen LogP contribution in [0.2, 0.25) is 20.1 Å². The largest absolute Gasteiger partial charge is 0.207 e. The number of hydrogen-bond acceptors (Lipinski definition) is 0. The van der Waals surface area contributed by atoms with Gasteiger partial charge in [0.25, 0.3) is 0 Å². The Labute approximate surface area is 257 Å². The zero-order valence-corrected chi connectivity index (χ0v) is 23.2. The van der Waals surface area contributed by atoms with E-state index in [0.717, 1.165) is 0 Å². The van der Waals surface area contributed by atoms with Crippen LogP contribution in [0.15, 0.2) is 0 Å². The van der Waals surface area contributed by atoms with E-state index in [9.17, 15) is 52.7 Å². The quantitative estimate of drug-likeness (QED) is 0.0864. The molecule has 4 aromatic carbocycles. The molecule has 0 aliphatic rings. The lowest BCUT2D eigenvalue weighted by Gasteiger charge is -2.46. The molecule has 0 bridgehead atoms. The van der Waals surface area contributed by atoms with Gasteiger partial charge in [0.05, 0.1) is 0 Å². The Morgan fingerprint density at radius 3 is 0.511 bits per heavy atom. The van der Waals surface area contributed by atoms with Crippen molar-refractivity contribution in [2.24, 2.45) is 0 Å². The lowest BCUT2D eigenvalue weighted by molar-refractivity contribution is 0.409. The molecule has 0 heterocycles. The SMILES string of the molecule is Fc1c(F)c(F)c([B-](c2c(F)c(F)c(F)c(F)c2Cl)(c2c(F)c(F)c(F)c(F)c2Cl)c2c(F)c(F)c(F)c(F)c2Cl)c(Cl)c1F. The highest BCUT2D eigenvalue weighted by atomic mass is 35.5. The third-order valence-electron chi connectivity index (χ3n) is 6.71. The number of halogens is 20. The lowest BCUT2D eigenvalue weighted by atomic mass is 9.12. The minimum atomic E-state index is -6.24. The highest BCUT2D eigenvalue weighted by molar-refractivity contribution is 7.22. The summed E-state index contributed by atoms with van der Waals surface area (Å²) >= 11 is 22.3. The van der Waals surface area contributed by atoms with Crippen molar-refractivity contribution in [3.05, 3.63) is 113 Å². The number of benzene rings is 4. The Hall–Kier alpha value is -3.02. The van der Waals surface area contributed by atoms with E-state index in [1.807, 2.05) is 0 Å². The van der Waals surface area contributed by atoms with Gasteiger partial charge in [-0.2, -0.15) is 0 Å². The third kappa shape index (κ3) is 4.55. The molecule has 240 valence electrons. The number of rotatable bonds is 4. The molecule has 21 heteroatoms. The monoisotopic (exact) mass is 743 g/mol. The van der Waals surface area contributed by atoms with Crippen molar-refractivity contribution in [3.8, 4) is 0 Å². The summed E-state index contributed by atoms with van der Waals surface area (Å²) in [6.07, 6.45) is -6.24. The summed E-state index contributed by atoms with van der Waals surface area (Å²) in [5.41, 5.74) is -10.7. The molecule has 0 aromatic heterocycles. The molecule has 0 aliphatic carbocycles. The van der Waals surface area contributed by atoms with E-state index in [1.54, 1.807) is 0 Å². The fourth-order valence-corrected chi connectivity index (χ4v) is 6.19. The molecule has 0 saturated heterocycles. The molecule has 0 amide bonds. The van der Waals surface area contributed by atoms with Gasteiger partial charge in [0, 0.05) is 20.1 Å². The Morgan fingerprint density at radius 2 is 0.356 bits per heavy atom. The molecule has 45 heavy (non-hydrogen) atoms. The van der Waals surface area contributed by atoms with Crippen LogP contribution in [-0.2, 0) is 0 Å². The molecule has 0 fully saturated rings. The van der Waals surface area contributed by atoms with Crippen LogP contribution in [0.1, 0.15) is 0 Å². The molecule has 0 saturated carbocycles. The Balaban J connectivity index is 2.69. The van der Waals surface area contributed by atoms with Crippen molar-refractivity contribution in [2.75, 3.05) is 0 Å². The van der Waals surface area contributed by atoms with Gasteiger partial charge in [-0.05, 0) is 0 Å². The first-order valence-corrected chi connectivity index (χ1v) is 12.4. The minimum Gasteiger partial charge on any atom is -0.207 e. The third-order valence-corrected chi connectivity index (χ3v) is 8.19. The van der Waals surface area contributed by atoms with Gasteiger partial charge in [-0.15, -0.1) is 21.9 Å². The van der Waals surface area contributed by atoms with Crippen LogP contribution in [0.4, 0.5) is 70.2 Å². The van der Waals surface area contributed by atoms with Crippen LogP contribution in [0.3, 0.4) is 0 Å². The Morgan fingerprint density at radius 1 is 0.222 bits per heavy atom. The van der Waals surface area contributed by atoms with Gasteiger partial charge in [-0.25, -0.2) is 70.2 Å². The van der Waals surface area contributed by atoms with Crippen molar-refractivity contribution in [1.82, 2.24) is 0 Å². The fourth-order valence-electron chi connectivity index (χ4n) is 4.87. The molecule has 0 N–H and O–H groups in total. The van der Waals surface area contributed by atoms with Crippen LogP contribution < -0.4 is 21.9 Å². The first kappa shape index (κ1) is 34.9. The molecule has 0 spiro atoms. The maximum absolute atomic E-state index is 15.8. The minimum absolute atomic E-state index is 2.42. The van der Waals surface area contributed by atoms with Gasteiger partial charge in [-0.1, -0.05) is 46.4 Å². The predicted octanol–water partition coefficient (Wildman–Crippen LogP) is 7.90. The van der Waals surface area contributed by atoms with E-state index in [0.29, 0.717) is 0 Å². The van der Waals surface area contributed by atoms with Crippen LogP contribution >= 0.6 is 46.4 Å². The van der Waals surface area contributed by atoms with Crippen LogP contribution in [-0.4, -0.2) is 6.15 Å². The van der Waals surface area contributed by atoms with Gasteiger partial charge >= 0.3 is 0 Å². The summed E-state index contributed by atoms with van der Waals surface area (Å²) in [5.74, 6) is -48.3. The van der Waals surface area contributed by atoms with E-state index in [-0.39, 0.29) is 0 Å². The fraction of sp³-hybridized carbons (Fsp3) is 0. The van der Waals surface area contributed by atoms with Crippen LogP contribution in [0.5, 0.6) is 0 Å². The van der Waals surface area contributed by atoms with Gasteiger partial charge in [0.2, 0.25) is 0 Å². The smallest absolute Gasteiger partial charge is 0.198 e. The first-order chi connectivity index (χ1) is 20.7. The van der Waals surface area contributed by atoms with Crippen molar-refractivity contribution < 1.29 is 70.2 Å². The van der Waals surface area contributed by atoms with Crippen LogP contribution in [0.25, 0.3) is 0 Å². The molecule has 0 aliphatic heterocycles. The molecule has 4 rings (SSSR count). The predicted molar refractivity (Wildman–Crippen MR) is 129 cm³/mol. The second kappa shape index (κ2) is 11.7. The van der Waals surface area contributed by atoms with E-state index in [1.165, 1.54) is 0 Å². The van der Waals surface area contributed by atoms with E-state index in [2.05, 4.69) is 0 Å². The average Bonchev–Trinajstić information content (AvgIpc) is 3.00. The van der Waals surface area contributed by atoms with E-state index >= 15 is 17.6 Å². The maximum atomic E-state index is 15.8. The summed E-state index contributed by atoms with van der Waals surface area (Å²) in [4.78, 5) is 0. The molecular formula is C24BCl4F16-. The Kier molecular flexibility index (Phi) is 9.03. The summed E-state index contributed by atoms with van der Waals surface area (Å²) < 4.78 is 238. The van der Waals surface area contributed by atoms with Crippen molar-refractivity contribution >= 4 is 74.4 Å². The average molecular weight is 745 g/mol. The molecule has 0 radical (unpaired) electrons. The van der Waals surface area contributed by atoms with Crippen molar-refractivity contribution in [3.63, 3.8) is 0 Å². The maximum Gasteiger partial charge on any atom is 0.198 e. The molecule has 0 unspecified atom stereocenters. The summed E-state index contributed by atoms with van der Waals surface area (Å²) in [7, 11) is 0. The molecular weight excluding hydrogens is 745 g/mol. The molecule has 0 atom stereocenters. The summed E-state index contributed by atoms with van der Waals surface area (Å²) in [5, 5.41) is -9.69. The molecule has 0 nitrogen and oxygen atoms in total. The van der Waals surface area contributed by atoms with E-state index < -0.39 is 141 Å². The summed E-state index contributed by atoms with van der Waals surface area (Å²) in [6, 6.07) is 0. The topological polar surface area (TPSA) is 0 Å². The van der Waals surface area contributed by atoms with E-state index in [4.69, 9.17) is 46.4 Å². The van der Waals surface area contributed by atoms with Crippen LogP contribution in [0, 0.1) is 93.1 Å². The second-order valence-electron chi connectivity index (χ2n) is 8.80.